The van der Waals surface area contributed by atoms with Gasteiger partial charge in [0.15, 0.2) is 0 Å². The van der Waals surface area contributed by atoms with Crippen LogP contribution in [0.5, 0.6) is 0 Å². The van der Waals surface area contributed by atoms with E-state index in [2.05, 4.69) is 30.7 Å². The number of nitrogens with zero attached hydrogens (tertiary/aromatic N) is 1. The van der Waals surface area contributed by atoms with Crippen LogP contribution in [0.15, 0.2) is 47.5 Å². The molecule has 2 heteroatoms. The van der Waals surface area contributed by atoms with Crippen LogP contribution in [0.3, 0.4) is 0 Å². The second-order valence-electron chi connectivity index (χ2n) is 3.84. The predicted molar refractivity (Wildman–Crippen MR) is 67.4 cm³/mol. The van der Waals surface area contributed by atoms with Crippen LogP contribution in [0, 0.1) is 0 Å². The van der Waals surface area contributed by atoms with Crippen LogP contribution >= 0.6 is 0 Å². The molecule has 0 radical (unpaired) electrons. The zero-order valence-electron chi connectivity index (χ0n) is 9.62. The zero-order chi connectivity index (χ0) is 11.3. The Kier molecular flexibility index (Phi) is 4.10. The molecule has 0 amide bonds. The van der Waals surface area contributed by atoms with Gasteiger partial charge in [0.25, 0.3) is 0 Å². The molecule has 80 valence electrons. The minimum atomic E-state index is 0.271. The number of aliphatic imine (C=N–C) groups is 1. The standard InChI is InChI=1S/C13H18N2/c1-10(2)13(14-11(3)4)15-12-8-6-5-7-9-12/h5-9,11H,1H2,2-4H3,(H,14,15). The van der Waals surface area contributed by atoms with Crippen molar-refractivity contribution in [1.82, 2.24) is 0 Å². The lowest BCUT2D eigenvalue weighted by Gasteiger charge is -2.11. The molecule has 0 fully saturated rings. The molecule has 0 unspecified atom stereocenters. The number of amidine groups is 1. The van der Waals surface area contributed by atoms with E-state index in [1.165, 1.54) is 0 Å². The fourth-order valence-corrected chi connectivity index (χ4v) is 1.17. The van der Waals surface area contributed by atoms with E-state index in [-0.39, 0.29) is 6.04 Å². The van der Waals surface area contributed by atoms with E-state index in [1.807, 2.05) is 37.3 Å². The Morgan fingerprint density at radius 2 is 1.87 bits per heavy atom. The lowest BCUT2D eigenvalue weighted by atomic mass is 10.2. The summed E-state index contributed by atoms with van der Waals surface area (Å²) in [7, 11) is 0. The van der Waals surface area contributed by atoms with E-state index in [0.29, 0.717) is 0 Å². The highest BCUT2D eigenvalue weighted by molar-refractivity contribution is 6.07. The van der Waals surface area contributed by atoms with Crippen LogP contribution in [-0.4, -0.2) is 11.9 Å². The van der Waals surface area contributed by atoms with Gasteiger partial charge in [-0.1, -0.05) is 24.8 Å². The highest BCUT2D eigenvalue weighted by Crippen LogP contribution is 2.08. The molecule has 0 saturated carbocycles. The molecular weight excluding hydrogens is 184 g/mol. The van der Waals surface area contributed by atoms with Gasteiger partial charge < -0.3 is 5.32 Å². The number of hydrogen-bond donors (Lipinski definition) is 1. The maximum absolute atomic E-state index is 4.48. The van der Waals surface area contributed by atoms with Gasteiger partial charge in [0.2, 0.25) is 0 Å². The molecule has 0 aliphatic carbocycles. The van der Waals surface area contributed by atoms with Crippen LogP contribution < -0.4 is 5.32 Å². The smallest absolute Gasteiger partial charge is 0.127 e. The number of anilines is 1. The number of benzene rings is 1. The monoisotopic (exact) mass is 202 g/mol. The molecule has 1 aromatic carbocycles. The fourth-order valence-electron chi connectivity index (χ4n) is 1.17. The average Bonchev–Trinajstić information content (AvgIpc) is 2.17. The predicted octanol–water partition coefficient (Wildman–Crippen LogP) is 3.48. The summed E-state index contributed by atoms with van der Waals surface area (Å²) in [5, 5.41) is 3.26. The number of nitrogens with one attached hydrogen (secondary N) is 1. The summed E-state index contributed by atoms with van der Waals surface area (Å²) in [6.07, 6.45) is 0. The van der Waals surface area contributed by atoms with E-state index in [0.717, 1.165) is 17.1 Å². The molecule has 2 nitrogen and oxygen atoms in total. The van der Waals surface area contributed by atoms with Crippen molar-refractivity contribution in [3.05, 3.63) is 42.5 Å². The maximum atomic E-state index is 4.48. The van der Waals surface area contributed by atoms with Crippen LogP contribution in [-0.2, 0) is 0 Å². The zero-order valence-corrected chi connectivity index (χ0v) is 9.62. The van der Waals surface area contributed by atoms with Crippen molar-refractivity contribution in [1.29, 1.82) is 0 Å². The molecule has 1 N–H and O–H groups in total. The molecule has 1 aromatic rings. The fraction of sp³-hybridized carbons (Fsp3) is 0.308. The largest absolute Gasteiger partial charge is 0.340 e. The van der Waals surface area contributed by atoms with Crippen molar-refractivity contribution in [2.24, 2.45) is 4.99 Å². The van der Waals surface area contributed by atoms with Crippen LogP contribution in [0.4, 0.5) is 5.69 Å². The van der Waals surface area contributed by atoms with E-state index in [9.17, 15) is 0 Å². The molecule has 1 rings (SSSR count). The van der Waals surface area contributed by atoms with E-state index in [1.54, 1.807) is 0 Å². The van der Waals surface area contributed by atoms with Gasteiger partial charge in [0, 0.05) is 11.7 Å². The number of para-hydroxylation sites is 1. The van der Waals surface area contributed by atoms with E-state index in [4.69, 9.17) is 0 Å². The van der Waals surface area contributed by atoms with Gasteiger partial charge in [-0.2, -0.15) is 0 Å². The Morgan fingerprint density at radius 1 is 1.27 bits per heavy atom. The third kappa shape index (κ3) is 3.98. The molecule has 0 spiro atoms. The van der Waals surface area contributed by atoms with Crippen LogP contribution in [0.25, 0.3) is 0 Å². The van der Waals surface area contributed by atoms with Gasteiger partial charge in [-0.15, -0.1) is 0 Å². The van der Waals surface area contributed by atoms with Crippen molar-refractivity contribution in [2.75, 3.05) is 5.32 Å². The van der Waals surface area contributed by atoms with Crippen LogP contribution in [0.1, 0.15) is 20.8 Å². The molecule has 0 aromatic heterocycles. The third-order valence-electron chi connectivity index (χ3n) is 1.83. The maximum Gasteiger partial charge on any atom is 0.127 e. The molecule has 0 heterocycles. The topological polar surface area (TPSA) is 24.4 Å². The highest BCUT2D eigenvalue weighted by Gasteiger charge is 2.01. The summed E-state index contributed by atoms with van der Waals surface area (Å²) in [6.45, 7) is 9.97. The van der Waals surface area contributed by atoms with Crippen molar-refractivity contribution in [3.63, 3.8) is 0 Å². The lowest BCUT2D eigenvalue weighted by Crippen LogP contribution is -2.15. The number of hydrogen-bond acceptors (Lipinski definition) is 1. The second kappa shape index (κ2) is 5.35. The normalized spacial score (nSPS) is 11.6. The molecule has 0 atom stereocenters. The van der Waals surface area contributed by atoms with Gasteiger partial charge >= 0.3 is 0 Å². The first kappa shape index (κ1) is 11.5. The Balaban J connectivity index is 2.81. The van der Waals surface area contributed by atoms with Gasteiger partial charge in [0.1, 0.15) is 5.84 Å². The summed E-state index contributed by atoms with van der Waals surface area (Å²) in [5.74, 6) is 0.858. The molecule has 0 aliphatic rings. The average molecular weight is 202 g/mol. The Morgan fingerprint density at radius 3 is 2.33 bits per heavy atom. The minimum Gasteiger partial charge on any atom is -0.340 e. The van der Waals surface area contributed by atoms with Crippen molar-refractivity contribution in [2.45, 2.75) is 26.8 Å². The molecule has 0 bridgehead atoms. The van der Waals surface area contributed by atoms with E-state index < -0.39 is 0 Å². The molecule has 0 saturated heterocycles. The Labute approximate surface area is 91.7 Å². The molecule has 0 aliphatic heterocycles. The van der Waals surface area contributed by atoms with Gasteiger partial charge in [-0.25, -0.2) is 0 Å². The first-order chi connectivity index (χ1) is 7.09. The SMILES string of the molecule is C=C(C)/C(=N\C(C)C)Nc1ccccc1. The first-order valence-corrected chi connectivity index (χ1v) is 5.15. The van der Waals surface area contributed by atoms with Crippen molar-refractivity contribution >= 4 is 11.5 Å². The summed E-state index contributed by atoms with van der Waals surface area (Å²) in [6, 6.07) is 10.3. The van der Waals surface area contributed by atoms with Gasteiger partial charge in [-0.05, 0) is 38.5 Å². The number of rotatable bonds is 3. The van der Waals surface area contributed by atoms with Gasteiger partial charge in [-0.3, -0.25) is 4.99 Å². The quantitative estimate of drug-likeness (QED) is 0.589. The lowest BCUT2D eigenvalue weighted by molar-refractivity contribution is 0.835. The highest BCUT2D eigenvalue weighted by atomic mass is 15.0. The summed E-state index contributed by atoms with van der Waals surface area (Å²) < 4.78 is 0. The Hall–Kier alpha value is -1.57. The van der Waals surface area contributed by atoms with Crippen LogP contribution in [0.2, 0.25) is 0 Å². The summed E-state index contributed by atoms with van der Waals surface area (Å²) >= 11 is 0. The molecular formula is C13H18N2. The molecule has 15 heavy (non-hydrogen) atoms. The van der Waals surface area contributed by atoms with Crippen molar-refractivity contribution in [3.8, 4) is 0 Å². The van der Waals surface area contributed by atoms with Crippen molar-refractivity contribution < 1.29 is 0 Å². The minimum absolute atomic E-state index is 0.271. The third-order valence-corrected chi connectivity index (χ3v) is 1.83. The first-order valence-electron chi connectivity index (χ1n) is 5.15. The summed E-state index contributed by atoms with van der Waals surface area (Å²) in [5.41, 5.74) is 1.99. The van der Waals surface area contributed by atoms with E-state index >= 15 is 0 Å². The summed E-state index contributed by atoms with van der Waals surface area (Å²) in [4.78, 5) is 4.48. The Bertz CT molecular complexity index is 350. The van der Waals surface area contributed by atoms with Gasteiger partial charge in [0.05, 0.1) is 0 Å². The second-order valence-corrected chi connectivity index (χ2v) is 3.84.